The highest BCUT2D eigenvalue weighted by atomic mass is 16.6. The molecule has 0 aromatic rings. The van der Waals surface area contributed by atoms with E-state index in [2.05, 4.69) is 10.2 Å². The fourth-order valence-electron chi connectivity index (χ4n) is 5.54. The van der Waals surface area contributed by atoms with Gasteiger partial charge in [-0.05, 0) is 6.92 Å². The lowest BCUT2D eigenvalue weighted by molar-refractivity contribution is -0.137. The number of hydrogen-bond donors (Lipinski definition) is 2. The van der Waals surface area contributed by atoms with E-state index in [-0.39, 0.29) is 53.8 Å². The van der Waals surface area contributed by atoms with Crippen LogP contribution in [-0.2, 0) is 28.5 Å². The predicted molar refractivity (Wildman–Crippen MR) is 109 cm³/mol. The van der Waals surface area contributed by atoms with E-state index in [4.69, 9.17) is 24.7 Å². The van der Waals surface area contributed by atoms with Crippen molar-refractivity contribution in [1.82, 2.24) is 15.1 Å². The molecular weight excluding hydrogens is 420 g/mol. The Balaban J connectivity index is 1.41. The maximum atomic E-state index is 13.6. The van der Waals surface area contributed by atoms with Crippen molar-refractivity contribution in [2.75, 3.05) is 59.7 Å². The molecule has 1 aliphatic carbocycles. The van der Waals surface area contributed by atoms with E-state index in [0.717, 1.165) is 13.1 Å². The number of nitrogens with two attached hydrogens (primary N) is 1. The number of nitrogens with zero attached hydrogens (tertiary/aromatic N) is 2. The quantitative estimate of drug-likeness (QED) is 0.358. The van der Waals surface area contributed by atoms with Crippen LogP contribution in [0.4, 0.5) is 4.79 Å². The zero-order chi connectivity index (χ0) is 22.6. The van der Waals surface area contributed by atoms with Crippen LogP contribution in [0.3, 0.4) is 0 Å². The van der Waals surface area contributed by atoms with Crippen molar-refractivity contribution in [1.29, 1.82) is 0 Å². The molecule has 5 rings (SSSR count). The molecular formula is C21H28N4O7. The maximum absolute atomic E-state index is 13.6. The molecule has 4 atom stereocenters. The molecule has 3 unspecified atom stereocenters. The minimum Gasteiger partial charge on any atom is -0.488 e. The topological polar surface area (TPSA) is 143 Å². The maximum Gasteiger partial charge on any atom is 0.404 e. The molecule has 0 saturated carbocycles. The van der Waals surface area contributed by atoms with E-state index < -0.39 is 17.7 Å². The van der Waals surface area contributed by atoms with Crippen LogP contribution in [0.25, 0.3) is 0 Å². The number of primary amides is 1. The number of carbonyl (C=O) groups excluding carboxylic acids is 3. The lowest BCUT2D eigenvalue weighted by Crippen LogP contribution is -2.55. The van der Waals surface area contributed by atoms with Crippen LogP contribution < -0.4 is 11.1 Å². The first-order valence-electron chi connectivity index (χ1n) is 10.9. The monoisotopic (exact) mass is 448 g/mol. The van der Waals surface area contributed by atoms with Gasteiger partial charge in [0.2, 0.25) is 11.6 Å². The molecule has 4 aliphatic heterocycles. The molecule has 32 heavy (non-hydrogen) atoms. The first-order valence-corrected chi connectivity index (χ1v) is 10.9. The summed E-state index contributed by atoms with van der Waals surface area (Å²) < 4.78 is 22.3. The number of hydrogen-bond acceptors (Lipinski definition) is 10. The number of ketones is 2. The van der Waals surface area contributed by atoms with Crippen LogP contribution >= 0.6 is 0 Å². The number of ether oxygens (including phenoxy) is 4. The van der Waals surface area contributed by atoms with Gasteiger partial charge in [0.15, 0.2) is 11.5 Å². The molecule has 1 amide bonds. The number of fused-ring (bicyclic) bond motifs is 4. The molecule has 0 aromatic carbocycles. The second-order valence-electron chi connectivity index (χ2n) is 8.68. The molecule has 0 bridgehead atoms. The fourth-order valence-corrected chi connectivity index (χ4v) is 5.54. The summed E-state index contributed by atoms with van der Waals surface area (Å²) in [6, 6.07) is 0.0737. The second kappa shape index (κ2) is 7.84. The standard InChI is InChI=1S/C21H28N4O7/c1-11-16(26)15-14(17(27)18(11)31-8-5-24-3-6-30-7-4-24)12(10-32-20(22)28)21(29-2)19-13(23-19)9-25(15)21/h12-13,19,23H,3-10H2,1-2H3,(H2,22,28)/t12?,13?,19?,21-/m1/s1. The van der Waals surface area contributed by atoms with Crippen LogP contribution in [0.5, 0.6) is 0 Å². The van der Waals surface area contributed by atoms with Crippen molar-refractivity contribution in [3.05, 3.63) is 22.6 Å². The van der Waals surface area contributed by atoms with Gasteiger partial charge in [-0.25, -0.2) is 4.79 Å². The molecule has 5 aliphatic rings. The minimum atomic E-state index is -0.986. The molecule has 0 spiro atoms. The molecule has 3 N–H and O–H groups in total. The zero-order valence-electron chi connectivity index (χ0n) is 18.2. The Morgan fingerprint density at radius 2 is 2.03 bits per heavy atom. The number of piperazine rings is 1. The fraction of sp³-hybridized carbons (Fsp3) is 0.667. The van der Waals surface area contributed by atoms with Crippen LogP contribution in [0, 0.1) is 5.92 Å². The summed E-state index contributed by atoms with van der Waals surface area (Å²) in [4.78, 5) is 42.4. The smallest absolute Gasteiger partial charge is 0.404 e. The summed E-state index contributed by atoms with van der Waals surface area (Å²) in [5.41, 5.74) is 5.10. The highest BCUT2D eigenvalue weighted by Crippen LogP contribution is 2.55. The Morgan fingerprint density at radius 3 is 2.72 bits per heavy atom. The number of allylic oxidation sites excluding steroid dienone is 2. The van der Waals surface area contributed by atoms with Crippen LogP contribution in [0.15, 0.2) is 22.6 Å². The van der Waals surface area contributed by atoms with E-state index in [1.807, 2.05) is 4.90 Å². The van der Waals surface area contributed by atoms with Crippen molar-refractivity contribution in [3.8, 4) is 0 Å². The molecule has 11 nitrogen and oxygen atoms in total. The number of Topliss-reactive ketones (excluding diaryl/α,β-unsaturated/α-hetero) is 2. The van der Waals surface area contributed by atoms with Gasteiger partial charge in [-0.1, -0.05) is 0 Å². The average Bonchev–Trinajstić information content (AvgIpc) is 3.40. The third-order valence-corrected chi connectivity index (χ3v) is 7.13. The van der Waals surface area contributed by atoms with Crippen LogP contribution in [-0.4, -0.2) is 105 Å². The Labute approximate surface area is 185 Å². The summed E-state index contributed by atoms with van der Waals surface area (Å²) in [5, 5.41) is 3.33. The Bertz CT molecular complexity index is 925. The van der Waals surface area contributed by atoms with Crippen molar-refractivity contribution in [3.63, 3.8) is 0 Å². The minimum absolute atomic E-state index is 0.0545. The number of rotatable bonds is 7. The van der Waals surface area contributed by atoms with E-state index in [1.165, 1.54) is 0 Å². The van der Waals surface area contributed by atoms with Gasteiger partial charge in [0.05, 0.1) is 30.9 Å². The van der Waals surface area contributed by atoms with E-state index in [1.54, 1.807) is 14.0 Å². The Kier molecular flexibility index (Phi) is 5.24. The summed E-state index contributed by atoms with van der Waals surface area (Å²) in [6.45, 7) is 5.83. The normalized spacial score (nSPS) is 33.9. The predicted octanol–water partition coefficient (Wildman–Crippen LogP) is -1.26. The second-order valence-corrected chi connectivity index (χ2v) is 8.68. The molecule has 11 heteroatoms. The Morgan fingerprint density at radius 1 is 1.28 bits per heavy atom. The van der Waals surface area contributed by atoms with E-state index >= 15 is 0 Å². The van der Waals surface area contributed by atoms with Crippen LogP contribution in [0.1, 0.15) is 6.92 Å². The lowest BCUT2D eigenvalue weighted by Gasteiger charge is -2.39. The van der Waals surface area contributed by atoms with Crippen molar-refractivity contribution in [2.24, 2.45) is 11.7 Å². The van der Waals surface area contributed by atoms with Gasteiger partial charge >= 0.3 is 6.09 Å². The number of nitrogens with one attached hydrogen (secondary N) is 1. The number of amides is 1. The van der Waals surface area contributed by atoms with E-state index in [9.17, 15) is 14.4 Å². The molecule has 174 valence electrons. The molecule has 3 fully saturated rings. The van der Waals surface area contributed by atoms with Gasteiger partial charge in [-0.3, -0.25) is 14.5 Å². The summed E-state index contributed by atoms with van der Waals surface area (Å²) >= 11 is 0. The Hall–Kier alpha value is -2.47. The van der Waals surface area contributed by atoms with Crippen molar-refractivity contribution < 1.29 is 33.3 Å². The number of carbonyl (C=O) groups is 3. The van der Waals surface area contributed by atoms with Gasteiger partial charge in [0, 0.05) is 50.5 Å². The van der Waals surface area contributed by atoms with Gasteiger partial charge in [0.1, 0.15) is 13.2 Å². The average molecular weight is 448 g/mol. The highest BCUT2D eigenvalue weighted by Gasteiger charge is 2.72. The van der Waals surface area contributed by atoms with Crippen molar-refractivity contribution >= 4 is 17.7 Å². The molecule has 0 aromatic heterocycles. The van der Waals surface area contributed by atoms with E-state index in [0.29, 0.717) is 32.0 Å². The van der Waals surface area contributed by atoms with Gasteiger partial charge < -0.3 is 34.9 Å². The van der Waals surface area contributed by atoms with Gasteiger partial charge in [0.25, 0.3) is 0 Å². The SMILES string of the molecule is CO[C@@]12C(COC(N)=O)C3=C(C(=O)C(C)=C(OCCN4CCOCC4)C3=O)N1CC1NC12. The largest absolute Gasteiger partial charge is 0.488 e. The third kappa shape index (κ3) is 3.06. The number of morpholine rings is 1. The van der Waals surface area contributed by atoms with Crippen molar-refractivity contribution in [2.45, 2.75) is 24.7 Å². The zero-order valence-corrected chi connectivity index (χ0v) is 18.2. The third-order valence-electron chi connectivity index (χ3n) is 7.13. The first kappa shape index (κ1) is 21.4. The van der Waals surface area contributed by atoms with Crippen LogP contribution in [0.2, 0.25) is 0 Å². The van der Waals surface area contributed by atoms with Gasteiger partial charge in [-0.15, -0.1) is 0 Å². The highest BCUT2D eigenvalue weighted by molar-refractivity contribution is 6.25. The summed E-state index contributed by atoms with van der Waals surface area (Å²) in [5.74, 6) is -1.23. The first-order chi connectivity index (χ1) is 15.4. The molecule has 3 saturated heterocycles. The molecule has 0 radical (unpaired) electrons. The molecule has 4 heterocycles. The summed E-state index contributed by atoms with van der Waals surface area (Å²) in [6.07, 6.45) is -0.946. The number of methoxy groups -OCH3 is 1. The lowest BCUT2D eigenvalue weighted by atomic mass is 9.83. The van der Waals surface area contributed by atoms with Gasteiger partial charge in [-0.2, -0.15) is 0 Å². The summed E-state index contributed by atoms with van der Waals surface area (Å²) in [7, 11) is 1.54.